The third-order valence-corrected chi connectivity index (χ3v) is 3.53. The molecule has 2 atom stereocenters. The minimum atomic E-state index is -0.303. The van der Waals surface area contributed by atoms with Crippen molar-refractivity contribution in [2.45, 2.75) is 71.9 Å². The van der Waals surface area contributed by atoms with Crippen LogP contribution >= 0.6 is 0 Å². The second kappa shape index (κ2) is 7.52. The maximum atomic E-state index is 10.3. The van der Waals surface area contributed by atoms with Crippen LogP contribution in [0, 0.1) is 5.92 Å². The van der Waals surface area contributed by atoms with Crippen molar-refractivity contribution in [1.82, 2.24) is 14.8 Å². The van der Waals surface area contributed by atoms with Crippen molar-refractivity contribution >= 4 is 0 Å². The summed E-state index contributed by atoms with van der Waals surface area (Å²) in [6.45, 7) is 8.50. The first-order chi connectivity index (χ1) is 8.60. The van der Waals surface area contributed by atoms with Gasteiger partial charge in [0, 0.05) is 12.5 Å². The van der Waals surface area contributed by atoms with E-state index in [2.05, 4.69) is 37.8 Å². The van der Waals surface area contributed by atoms with Crippen LogP contribution in [0.3, 0.4) is 0 Å². The van der Waals surface area contributed by atoms with Gasteiger partial charge in [-0.05, 0) is 26.2 Å². The van der Waals surface area contributed by atoms with Gasteiger partial charge in [-0.1, -0.05) is 33.1 Å². The number of aliphatic hydroxyl groups is 1. The second-order valence-corrected chi connectivity index (χ2v) is 5.30. The number of hydrogen-bond donors (Lipinski definition) is 1. The monoisotopic (exact) mass is 253 g/mol. The van der Waals surface area contributed by atoms with Gasteiger partial charge in [-0.2, -0.15) is 5.10 Å². The van der Waals surface area contributed by atoms with Gasteiger partial charge in [-0.15, -0.1) is 0 Å². The van der Waals surface area contributed by atoms with Gasteiger partial charge in [0.05, 0.1) is 6.10 Å². The van der Waals surface area contributed by atoms with Crippen LogP contribution in [0.4, 0.5) is 0 Å². The quantitative estimate of drug-likeness (QED) is 0.775. The van der Waals surface area contributed by atoms with Crippen molar-refractivity contribution in [3.63, 3.8) is 0 Å². The van der Waals surface area contributed by atoms with Crippen molar-refractivity contribution in [3.8, 4) is 0 Å². The van der Waals surface area contributed by atoms with Crippen LogP contribution in [0.2, 0.25) is 0 Å². The van der Waals surface area contributed by atoms with E-state index in [1.54, 1.807) is 6.33 Å². The average Bonchev–Trinajstić information content (AvgIpc) is 2.78. The molecule has 0 aromatic carbocycles. The molecule has 0 aliphatic rings. The Morgan fingerprint density at radius 3 is 2.61 bits per heavy atom. The van der Waals surface area contributed by atoms with E-state index >= 15 is 0 Å². The van der Waals surface area contributed by atoms with Crippen LogP contribution in [0.1, 0.15) is 65.2 Å². The molecule has 0 bridgehead atoms. The van der Waals surface area contributed by atoms with Gasteiger partial charge >= 0.3 is 0 Å². The van der Waals surface area contributed by atoms with Crippen molar-refractivity contribution in [1.29, 1.82) is 0 Å². The Kier molecular flexibility index (Phi) is 6.33. The highest BCUT2D eigenvalue weighted by atomic mass is 16.3. The molecule has 0 aliphatic heterocycles. The molecule has 0 amide bonds. The summed E-state index contributed by atoms with van der Waals surface area (Å²) in [4.78, 5) is 4.27. The van der Waals surface area contributed by atoms with E-state index in [0.717, 1.165) is 18.7 Å². The molecule has 0 spiro atoms. The molecule has 18 heavy (non-hydrogen) atoms. The second-order valence-electron chi connectivity index (χ2n) is 5.30. The minimum absolute atomic E-state index is 0.297. The molecule has 1 aromatic heterocycles. The van der Waals surface area contributed by atoms with Crippen LogP contribution in [-0.2, 0) is 6.42 Å². The third-order valence-electron chi connectivity index (χ3n) is 3.53. The molecule has 0 fully saturated rings. The highest BCUT2D eigenvalue weighted by Crippen LogP contribution is 2.20. The Bertz CT molecular complexity index is 336. The van der Waals surface area contributed by atoms with E-state index in [-0.39, 0.29) is 6.10 Å². The molecular weight excluding hydrogens is 226 g/mol. The number of hydrogen-bond acceptors (Lipinski definition) is 3. The van der Waals surface area contributed by atoms with Crippen molar-refractivity contribution in [3.05, 3.63) is 12.2 Å². The summed E-state index contributed by atoms with van der Waals surface area (Å²) in [5, 5.41) is 14.5. The van der Waals surface area contributed by atoms with Gasteiger partial charge < -0.3 is 5.11 Å². The first-order valence-corrected chi connectivity index (χ1v) is 7.16. The van der Waals surface area contributed by atoms with Gasteiger partial charge in [-0.25, -0.2) is 9.67 Å². The summed E-state index contributed by atoms with van der Waals surface area (Å²) in [5.74, 6) is 1.27. The fourth-order valence-corrected chi connectivity index (χ4v) is 2.34. The average molecular weight is 253 g/mol. The molecule has 0 radical (unpaired) electrons. The summed E-state index contributed by atoms with van der Waals surface area (Å²) in [7, 11) is 0. The highest BCUT2D eigenvalue weighted by molar-refractivity contribution is 4.90. The first kappa shape index (κ1) is 15.2. The predicted octanol–water partition coefficient (Wildman–Crippen LogP) is 2.98. The lowest BCUT2D eigenvalue weighted by Crippen LogP contribution is -2.25. The number of aliphatic hydroxyl groups excluding tert-OH is 1. The zero-order valence-corrected chi connectivity index (χ0v) is 12.1. The van der Waals surface area contributed by atoms with Gasteiger partial charge in [0.2, 0.25) is 0 Å². The molecule has 1 rings (SSSR count). The molecule has 104 valence electrons. The number of aromatic nitrogens is 3. The van der Waals surface area contributed by atoms with E-state index in [9.17, 15) is 5.11 Å². The van der Waals surface area contributed by atoms with Crippen LogP contribution in [0.25, 0.3) is 0 Å². The van der Waals surface area contributed by atoms with Crippen molar-refractivity contribution in [2.24, 2.45) is 5.92 Å². The topological polar surface area (TPSA) is 50.9 Å². The molecule has 0 saturated heterocycles. The van der Waals surface area contributed by atoms with Crippen LogP contribution in [0.5, 0.6) is 0 Å². The zero-order valence-electron chi connectivity index (χ0n) is 12.1. The molecule has 4 nitrogen and oxygen atoms in total. The lowest BCUT2D eigenvalue weighted by molar-refractivity contribution is 0.0953. The maximum Gasteiger partial charge on any atom is 0.138 e. The Morgan fingerprint density at radius 2 is 2.06 bits per heavy atom. The minimum Gasteiger partial charge on any atom is -0.392 e. The molecule has 2 unspecified atom stereocenters. The maximum absolute atomic E-state index is 10.3. The SMILES string of the molecule is CCCCC(CC)C(O)Cc1ncnn1C(C)C. The molecule has 1 N–H and O–H groups in total. The number of nitrogens with zero attached hydrogens (tertiary/aromatic N) is 3. The summed E-state index contributed by atoms with van der Waals surface area (Å²) in [6, 6.07) is 0.297. The smallest absolute Gasteiger partial charge is 0.138 e. The van der Waals surface area contributed by atoms with Crippen LogP contribution in [0.15, 0.2) is 6.33 Å². The Hall–Kier alpha value is -0.900. The van der Waals surface area contributed by atoms with Crippen LogP contribution in [-0.4, -0.2) is 26.0 Å². The van der Waals surface area contributed by atoms with Crippen molar-refractivity contribution < 1.29 is 5.11 Å². The van der Waals surface area contributed by atoms with E-state index in [0.29, 0.717) is 18.4 Å². The van der Waals surface area contributed by atoms with E-state index in [4.69, 9.17) is 0 Å². The fraction of sp³-hybridized carbons (Fsp3) is 0.857. The normalized spacial score (nSPS) is 15.0. The summed E-state index contributed by atoms with van der Waals surface area (Å²) < 4.78 is 1.90. The van der Waals surface area contributed by atoms with Crippen molar-refractivity contribution in [2.75, 3.05) is 0 Å². The molecule has 0 aliphatic carbocycles. The van der Waals surface area contributed by atoms with Gasteiger partial charge in [0.15, 0.2) is 0 Å². The number of rotatable bonds is 8. The largest absolute Gasteiger partial charge is 0.392 e. The third kappa shape index (κ3) is 4.09. The standard InChI is InChI=1S/C14H27N3O/c1-5-7-8-12(6-2)13(18)9-14-15-10-16-17(14)11(3)4/h10-13,18H,5-9H2,1-4H3. The number of unbranched alkanes of at least 4 members (excludes halogenated alkanes) is 1. The summed E-state index contributed by atoms with van der Waals surface area (Å²) in [6.07, 6.45) is 6.39. The van der Waals surface area contributed by atoms with E-state index < -0.39 is 0 Å². The molecule has 1 aromatic rings. The molecule has 1 heterocycles. The summed E-state index contributed by atoms with van der Waals surface area (Å²) in [5.41, 5.74) is 0. The zero-order chi connectivity index (χ0) is 13.5. The Balaban J connectivity index is 2.61. The van der Waals surface area contributed by atoms with E-state index in [1.165, 1.54) is 12.8 Å². The van der Waals surface area contributed by atoms with Crippen LogP contribution < -0.4 is 0 Å². The Labute approximate surface area is 110 Å². The first-order valence-electron chi connectivity index (χ1n) is 7.16. The highest BCUT2D eigenvalue weighted by Gasteiger charge is 2.20. The van der Waals surface area contributed by atoms with Gasteiger partial charge in [-0.3, -0.25) is 0 Å². The predicted molar refractivity (Wildman–Crippen MR) is 73.4 cm³/mol. The Morgan fingerprint density at radius 1 is 1.33 bits per heavy atom. The fourth-order valence-electron chi connectivity index (χ4n) is 2.34. The summed E-state index contributed by atoms with van der Waals surface area (Å²) >= 11 is 0. The molecular formula is C14H27N3O. The van der Waals surface area contributed by atoms with E-state index in [1.807, 2.05) is 4.68 Å². The lowest BCUT2D eigenvalue weighted by Gasteiger charge is -2.21. The van der Waals surface area contributed by atoms with Gasteiger partial charge in [0.1, 0.15) is 12.2 Å². The molecule has 4 heteroatoms. The molecule has 0 saturated carbocycles. The van der Waals surface area contributed by atoms with Gasteiger partial charge in [0.25, 0.3) is 0 Å². The lowest BCUT2D eigenvalue weighted by atomic mass is 9.91.